The number of fused-ring (bicyclic) bond motifs is 4. The monoisotopic (exact) mass is 675 g/mol. The van der Waals surface area contributed by atoms with E-state index in [1.165, 1.54) is 16.7 Å². The summed E-state index contributed by atoms with van der Waals surface area (Å²) in [6, 6.07) is 22.0. The molecule has 6 rings (SSSR count). The van der Waals surface area contributed by atoms with Crippen molar-refractivity contribution in [3.8, 4) is 11.6 Å². The summed E-state index contributed by atoms with van der Waals surface area (Å²) >= 11 is 0. The van der Waals surface area contributed by atoms with Gasteiger partial charge in [0.05, 0.1) is 17.6 Å². The Morgan fingerprint density at radius 3 is 2.44 bits per heavy atom. The Balaban J connectivity index is 1.32. The molecular weight excluding hydrogens is 623 g/mol. The summed E-state index contributed by atoms with van der Waals surface area (Å²) in [5, 5.41) is 6.61. The van der Waals surface area contributed by atoms with Crippen molar-refractivity contribution in [2.45, 2.75) is 110 Å². The Morgan fingerprint density at radius 2 is 1.69 bits per heavy atom. The third kappa shape index (κ3) is 9.02. The average molecular weight is 676 g/mol. The molecule has 6 atom stereocenters. The summed E-state index contributed by atoms with van der Waals surface area (Å²) in [5.41, 5.74) is 4.55. The summed E-state index contributed by atoms with van der Waals surface area (Å²) in [6.45, 7) is 13.0. The lowest BCUT2D eigenvalue weighted by molar-refractivity contribution is -0.0517. The van der Waals surface area contributed by atoms with Crippen LogP contribution in [0.3, 0.4) is 0 Å². The highest BCUT2D eigenvalue weighted by Crippen LogP contribution is 2.34. The molecule has 9 nitrogen and oxygen atoms in total. The van der Waals surface area contributed by atoms with Gasteiger partial charge in [0.1, 0.15) is 18.3 Å². The fourth-order valence-corrected chi connectivity index (χ4v) is 9.48. The number of hydrogen-bond donors (Lipinski definition) is 3. The maximum Gasteiger partial charge on any atom is 0.219 e. The molecule has 3 heterocycles. The molecule has 3 fully saturated rings. The van der Waals surface area contributed by atoms with E-state index >= 15 is 0 Å². The average Bonchev–Trinajstić information content (AvgIpc) is 3.03. The lowest BCUT2D eigenvalue weighted by Gasteiger charge is -2.41. The van der Waals surface area contributed by atoms with Gasteiger partial charge in [0, 0.05) is 37.7 Å². The molecular formula is C38H53N5O4S. The molecule has 5 unspecified atom stereocenters. The molecule has 4 bridgehead atoms. The van der Waals surface area contributed by atoms with Crippen molar-refractivity contribution in [2.24, 2.45) is 11.3 Å². The van der Waals surface area contributed by atoms with Crippen LogP contribution in [-0.2, 0) is 21.3 Å². The normalized spacial score (nSPS) is 28.4. The van der Waals surface area contributed by atoms with Crippen LogP contribution in [0.15, 0.2) is 66.7 Å². The van der Waals surface area contributed by atoms with Crippen LogP contribution in [0.5, 0.6) is 11.6 Å². The molecule has 48 heavy (non-hydrogen) atoms. The first kappa shape index (κ1) is 35.0. The van der Waals surface area contributed by atoms with Crippen LogP contribution in [0, 0.1) is 25.2 Å². The molecule has 3 aliphatic rings. The van der Waals surface area contributed by atoms with Gasteiger partial charge in [-0.25, -0.2) is 13.4 Å². The molecule has 2 aliphatic heterocycles. The van der Waals surface area contributed by atoms with Gasteiger partial charge in [-0.3, -0.25) is 15.5 Å². The zero-order valence-corrected chi connectivity index (χ0v) is 29.9. The maximum absolute atomic E-state index is 13.9. The minimum absolute atomic E-state index is 0.0524. The van der Waals surface area contributed by atoms with Gasteiger partial charge in [0.2, 0.25) is 15.9 Å². The summed E-state index contributed by atoms with van der Waals surface area (Å²) in [5.74, 6) is 1.55. The predicted molar refractivity (Wildman–Crippen MR) is 190 cm³/mol. The third-order valence-electron chi connectivity index (χ3n) is 9.98. The Hall–Kier alpha value is -2.86. The van der Waals surface area contributed by atoms with Crippen molar-refractivity contribution < 1.29 is 17.9 Å². The summed E-state index contributed by atoms with van der Waals surface area (Å²) < 4.78 is 43.8. The Morgan fingerprint density at radius 1 is 0.938 bits per heavy atom. The molecule has 0 radical (unpaired) electrons. The molecule has 0 amide bonds. The van der Waals surface area contributed by atoms with Crippen molar-refractivity contribution in [2.75, 3.05) is 13.2 Å². The minimum atomic E-state index is -3.60. The summed E-state index contributed by atoms with van der Waals surface area (Å²) in [7, 11) is -3.60. The molecule has 10 heteroatoms. The Kier molecular flexibility index (Phi) is 10.9. The Labute approximate surface area is 287 Å². The number of sulfonamides is 1. The lowest BCUT2D eigenvalue weighted by atomic mass is 9.85. The SMILES string of the molecule is Cc1cccc(C)c1C1CC2NC(N1)NS(=O)(=O)C1CCCC(C1)CN(Cc1cccc(Oc3ccccc3)n1)[C@H](CC(C)(C)C)CO2. The van der Waals surface area contributed by atoms with Gasteiger partial charge in [-0.05, 0) is 85.8 Å². The largest absolute Gasteiger partial charge is 0.439 e. The number of nitrogens with one attached hydrogen (secondary N) is 3. The zero-order chi connectivity index (χ0) is 33.9. The molecule has 260 valence electrons. The Bertz CT molecular complexity index is 1610. The van der Waals surface area contributed by atoms with E-state index in [1.54, 1.807) is 0 Å². The zero-order valence-electron chi connectivity index (χ0n) is 29.1. The van der Waals surface area contributed by atoms with E-state index in [4.69, 9.17) is 14.5 Å². The minimum Gasteiger partial charge on any atom is -0.439 e. The maximum atomic E-state index is 13.9. The fraction of sp³-hybridized carbons (Fsp3) is 0.553. The highest BCUT2D eigenvalue weighted by atomic mass is 32.2. The van der Waals surface area contributed by atoms with Gasteiger partial charge in [-0.1, -0.05) is 69.7 Å². The van der Waals surface area contributed by atoms with E-state index in [0.717, 1.165) is 37.3 Å². The second-order valence-electron chi connectivity index (χ2n) is 15.2. The quantitative estimate of drug-likeness (QED) is 0.271. The number of hydrogen-bond acceptors (Lipinski definition) is 8. The van der Waals surface area contributed by atoms with Crippen LogP contribution < -0.4 is 20.1 Å². The lowest BCUT2D eigenvalue weighted by Crippen LogP contribution is -2.64. The highest BCUT2D eigenvalue weighted by molar-refractivity contribution is 7.90. The predicted octanol–water partition coefficient (Wildman–Crippen LogP) is 6.54. The molecule has 2 saturated heterocycles. The summed E-state index contributed by atoms with van der Waals surface area (Å²) in [4.78, 5) is 7.43. The molecule has 1 aliphatic carbocycles. The first-order valence-electron chi connectivity index (χ1n) is 17.6. The standard InChI is InChI=1S/C38H53N5O4S/c1-26-12-9-13-27(2)36(26)33-21-35-41-37(40-33)42-48(44,45)32-18-10-14-28(20-32)23-43(30(25-46-35)22-38(3,4)5)24-29-15-11-19-34(39-29)47-31-16-7-6-8-17-31/h6-9,11-13,15-17,19,28,30,32-33,35,37,40-42H,10,14,18,20-25H2,1-5H3/t28?,30-,32?,33?,35?,37?/m1/s1. The van der Waals surface area contributed by atoms with Crippen molar-refractivity contribution in [1.82, 2.24) is 25.2 Å². The van der Waals surface area contributed by atoms with Crippen molar-refractivity contribution in [3.05, 3.63) is 89.1 Å². The first-order chi connectivity index (χ1) is 22.9. The third-order valence-corrected chi connectivity index (χ3v) is 11.8. The molecule has 2 aromatic carbocycles. The van der Waals surface area contributed by atoms with Gasteiger partial charge in [-0.2, -0.15) is 4.72 Å². The number of ether oxygens (including phenoxy) is 2. The van der Waals surface area contributed by atoms with Gasteiger partial charge >= 0.3 is 0 Å². The van der Waals surface area contributed by atoms with Crippen molar-refractivity contribution in [1.29, 1.82) is 0 Å². The second-order valence-corrected chi connectivity index (χ2v) is 17.2. The van der Waals surface area contributed by atoms with Gasteiger partial charge < -0.3 is 9.47 Å². The van der Waals surface area contributed by atoms with E-state index in [-0.39, 0.29) is 29.6 Å². The number of rotatable bonds is 6. The molecule has 3 N–H and O–H groups in total. The molecule has 3 aromatic rings. The first-order valence-corrected chi connectivity index (χ1v) is 19.1. The second kappa shape index (κ2) is 14.9. The number of benzene rings is 2. The number of para-hydroxylation sites is 1. The molecule has 1 saturated carbocycles. The summed E-state index contributed by atoms with van der Waals surface area (Å²) in [6.07, 6.45) is 3.84. The van der Waals surface area contributed by atoms with Crippen LogP contribution in [0.25, 0.3) is 0 Å². The van der Waals surface area contributed by atoms with Crippen LogP contribution in [0.2, 0.25) is 0 Å². The fourth-order valence-electron chi connectivity index (χ4n) is 7.82. The van der Waals surface area contributed by atoms with E-state index in [1.807, 2.05) is 42.5 Å². The molecule has 0 spiro atoms. The van der Waals surface area contributed by atoms with Crippen LogP contribution in [0.4, 0.5) is 0 Å². The van der Waals surface area contributed by atoms with Crippen molar-refractivity contribution in [3.63, 3.8) is 0 Å². The van der Waals surface area contributed by atoms with Crippen LogP contribution in [-0.4, -0.2) is 55.3 Å². The van der Waals surface area contributed by atoms with E-state index in [0.29, 0.717) is 38.3 Å². The van der Waals surface area contributed by atoms with E-state index in [9.17, 15) is 8.42 Å². The number of nitrogens with zero attached hydrogens (tertiary/aromatic N) is 2. The topological polar surface area (TPSA) is 105 Å². The van der Waals surface area contributed by atoms with Crippen molar-refractivity contribution >= 4 is 10.0 Å². The van der Waals surface area contributed by atoms with E-state index < -0.39 is 21.6 Å². The van der Waals surface area contributed by atoms with Gasteiger partial charge in [-0.15, -0.1) is 0 Å². The van der Waals surface area contributed by atoms with Crippen LogP contribution >= 0.6 is 0 Å². The number of pyridine rings is 1. The van der Waals surface area contributed by atoms with Gasteiger partial charge in [0.25, 0.3) is 0 Å². The molecule has 1 aromatic heterocycles. The highest BCUT2D eigenvalue weighted by Gasteiger charge is 2.39. The van der Waals surface area contributed by atoms with Gasteiger partial charge in [0.15, 0.2) is 0 Å². The number of aromatic nitrogens is 1. The smallest absolute Gasteiger partial charge is 0.219 e. The van der Waals surface area contributed by atoms with E-state index in [2.05, 4.69) is 79.1 Å². The van der Waals surface area contributed by atoms with Crippen LogP contribution in [0.1, 0.15) is 87.7 Å². The number of aryl methyl sites for hydroxylation is 2.